The number of carbonyl (C=O) groups excluding carboxylic acids is 3. The second-order valence-electron chi connectivity index (χ2n) is 7.08. The Morgan fingerprint density at radius 2 is 1.84 bits per heavy atom. The smallest absolute Gasteiger partial charge is 0.417 e. The minimum atomic E-state index is -0.934. The third-order valence-electron chi connectivity index (χ3n) is 3.88. The molecule has 0 bridgehead atoms. The molecule has 1 saturated heterocycles. The molecular formula is C19H25NO5. The standard InChI is InChI=1S/C19H25NO5/c1-5-24-17(22)15-12-14(11-13-9-7-6-8-10-13)16(21)20(15)18(23)25-19(2,3)4/h6-10,14-15H,5,11-12H2,1-4H3/t14-,15+/m0/s1. The molecule has 2 atom stereocenters. The number of imide groups is 1. The third-order valence-corrected chi connectivity index (χ3v) is 3.88. The number of likely N-dealkylation sites (tertiary alicyclic amines) is 1. The van der Waals surface area contributed by atoms with Crippen molar-refractivity contribution < 1.29 is 23.9 Å². The number of esters is 1. The predicted molar refractivity (Wildman–Crippen MR) is 91.8 cm³/mol. The molecule has 1 fully saturated rings. The molecule has 136 valence electrons. The molecule has 1 aliphatic heterocycles. The van der Waals surface area contributed by atoms with Crippen LogP contribution in [0.15, 0.2) is 30.3 Å². The fourth-order valence-corrected chi connectivity index (χ4v) is 2.86. The molecule has 1 heterocycles. The van der Waals surface area contributed by atoms with Gasteiger partial charge in [0.2, 0.25) is 5.91 Å². The topological polar surface area (TPSA) is 72.9 Å². The van der Waals surface area contributed by atoms with Gasteiger partial charge in [-0.3, -0.25) is 4.79 Å². The van der Waals surface area contributed by atoms with Gasteiger partial charge in [-0.05, 0) is 46.1 Å². The van der Waals surface area contributed by atoms with Gasteiger partial charge in [0, 0.05) is 5.92 Å². The Kier molecular flexibility index (Phi) is 5.82. The van der Waals surface area contributed by atoms with Crippen molar-refractivity contribution in [3.63, 3.8) is 0 Å². The largest absolute Gasteiger partial charge is 0.464 e. The summed E-state index contributed by atoms with van der Waals surface area (Å²) < 4.78 is 10.4. The Labute approximate surface area is 148 Å². The Morgan fingerprint density at radius 3 is 2.40 bits per heavy atom. The molecule has 2 amide bonds. The summed E-state index contributed by atoms with van der Waals surface area (Å²) in [5, 5.41) is 0. The predicted octanol–water partition coefficient (Wildman–Crippen LogP) is 2.94. The summed E-state index contributed by atoms with van der Waals surface area (Å²) in [6.45, 7) is 7.02. The van der Waals surface area contributed by atoms with Gasteiger partial charge in [-0.15, -0.1) is 0 Å². The molecule has 0 spiro atoms. The molecular weight excluding hydrogens is 322 g/mol. The van der Waals surface area contributed by atoms with E-state index in [1.165, 1.54) is 0 Å². The number of nitrogens with zero attached hydrogens (tertiary/aromatic N) is 1. The third kappa shape index (κ3) is 4.81. The highest BCUT2D eigenvalue weighted by Crippen LogP contribution is 2.30. The summed E-state index contributed by atoms with van der Waals surface area (Å²) in [4.78, 5) is 38.4. The second kappa shape index (κ2) is 7.68. The highest BCUT2D eigenvalue weighted by Gasteiger charge is 2.48. The maximum atomic E-state index is 12.8. The number of amides is 2. The van der Waals surface area contributed by atoms with Crippen molar-refractivity contribution in [2.24, 2.45) is 5.92 Å². The van der Waals surface area contributed by atoms with Gasteiger partial charge in [-0.25, -0.2) is 14.5 Å². The number of hydrogen-bond acceptors (Lipinski definition) is 5. The number of ether oxygens (including phenoxy) is 2. The van der Waals surface area contributed by atoms with E-state index in [1.807, 2.05) is 30.3 Å². The zero-order valence-electron chi connectivity index (χ0n) is 15.2. The SMILES string of the molecule is CCOC(=O)[C@H]1C[C@H](Cc2ccccc2)C(=O)N1C(=O)OC(C)(C)C. The first-order valence-corrected chi connectivity index (χ1v) is 8.49. The van der Waals surface area contributed by atoms with Crippen molar-refractivity contribution in [1.29, 1.82) is 0 Å². The second-order valence-corrected chi connectivity index (χ2v) is 7.08. The molecule has 6 heteroatoms. The zero-order valence-corrected chi connectivity index (χ0v) is 15.2. The molecule has 1 aromatic rings. The summed E-state index contributed by atoms with van der Waals surface area (Å²) >= 11 is 0. The Morgan fingerprint density at radius 1 is 1.20 bits per heavy atom. The maximum absolute atomic E-state index is 12.8. The lowest BCUT2D eigenvalue weighted by atomic mass is 9.96. The first-order chi connectivity index (χ1) is 11.7. The van der Waals surface area contributed by atoms with Crippen molar-refractivity contribution in [2.45, 2.75) is 52.2 Å². The van der Waals surface area contributed by atoms with Gasteiger partial charge in [0.25, 0.3) is 0 Å². The number of carbonyl (C=O) groups is 3. The molecule has 0 aliphatic carbocycles. The van der Waals surface area contributed by atoms with Crippen molar-refractivity contribution in [3.05, 3.63) is 35.9 Å². The highest BCUT2D eigenvalue weighted by molar-refractivity contribution is 6.00. The fourth-order valence-electron chi connectivity index (χ4n) is 2.86. The van der Waals surface area contributed by atoms with E-state index in [2.05, 4.69) is 0 Å². The zero-order chi connectivity index (χ0) is 18.6. The van der Waals surface area contributed by atoms with E-state index < -0.39 is 35.5 Å². The van der Waals surface area contributed by atoms with Crippen LogP contribution < -0.4 is 0 Å². The van der Waals surface area contributed by atoms with E-state index in [9.17, 15) is 14.4 Å². The monoisotopic (exact) mass is 347 g/mol. The molecule has 0 aromatic heterocycles. The average Bonchev–Trinajstić information content (AvgIpc) is 2.84. The van der Waals surface area contributed by atoms with Gasteiger partial charge in [0.05, 0.1) is 6.61 Å². The molecule has 6 nitrogen and oxygen atoms in total. The van der Waals surface area contributed by atoms with Crippen LogP contribution in [-0.2, 0) is 25.5 Å². The lowest BCUT2D eigenvalue weighted by molar-refractivity contribution is -0.151. The fraction of sp³-hybridized carbons (Fsp3) is 0.526. The average molecular weight is 347 g/mol. The lowest BCUT2D eigenvalue weighted by Gasteiger charge is -2.26. The van der Waals surface area contributed by atoms with Gasteiger partial charge in [-0.1, -0.05) is 30.3 Å². The van der Waals surface area contributed by atoms with Crippen molar-refractivity contribution in [3.8, 4) is 0 Å². The van der Waals surface area contributed by atoms with E-state index in [4.69, 9.17) is 9.47 Å². The van der Waals surface area contributed by atoms with E-state index in [1.54, 1.807) is 27.7 Å². The van der Waals surface area contributed by atoms with Gasteiger partial charge in [0.1, 0.15) is 11.6 Å². The molecule has 25 heavy (non-hydrogen) atoms. The number of benzene rings is 1. The Hall–Kier alpha value is -2.37. The molecule has 1 aliphatic rings. The van der Waals surface area contributed by atoms with Crippen LogP contribution in [-0.4, -0.2) is 41.1 Å². The van der Waals surface area contributed by atoms with Crippen LogP contribution in [0.2, 0.25) is 0 Å². The van der Waals surface area contributed by atoms with Crippen LogP contribution in [0.3, 0.4) is 0 Å². The normalized spacial score (nSPS) is 20.5. The molecule has 0 N–H and O–H groups in total. The molecule has 2 rings (SSSR count). The molecule has 1 aromatic carbocycles. The highest BCUT2D eigenvalue weighted by atomic mass is 16.6. The van der Waals surface area contributed by atoms with E-state index in [0.717, 1.165) is 10.5 Å². The van der Waals surface area contributed by atoms with E-state index in [0.29, 0.717) is 6.42 Å². The van der Waals surface area contributed by atoms with Crippen LogP contribution >= 0.6 is 0 Å². The molecule has 0 unspecified atom stereocenters. The molecule has 0 radical (unpaired) electrons. The molecule has 0 saturated carbocycles. The van der Waals surface area contributed by atoms with Gasteiger partial charge < -0.3 is 9.47 Å². The van der Waals surface area contributed by atoms with Crippen molar-refractivity contribution in [2.75, 3.05) is 6.61 Å². The van der Waals surface area contributed by atoms with Gasteiger partial charge in [0.15, 0.2) is 0 Å². The summed E-state index contributed by atoms with van der Waals surface area (Å²) in [6.07, 6.45) is -0.0909. The summed E-state index contributed by atoms with van der Waals surface area (Å²) in [6, 6.07) is 8.59. The summed E-state index contributed by atoms with van der Waals surface area (Å²) in [5.74, 6) is -1.42. The van der Waals surface area contributed by atoms with Crippen molar-refractivity contribution >= 4 is 18.0 Å². The van der Waals surface area contributed by atoms with Gasteiger partial charge in [-0.2, -0.15) is 0 Å². The minimum Gasteiger partial charge on any atom is -0.464 e. The number of hydrogen-bond donors (Lipinski definition) is 0. The Balaban J connectivity index is 2.22. The maximum Gasteiger partial charge on any atom is 0.417 e. The van der Waals surface area contributed by atoms with Crippen LogP contribution in [0.1, 0.15) is 39.7 Å². The lowest BCUT2D eigenvalue weighted by Crippen LogP contribution is -2.46. The minimum absolute atomic E-state index is 0.190. The number of rotatable bonds is 4. The summed E-state index contributed by atoms with van der Waals surface area (Å²) in [5.41, 5.74) is 0.225. The van der Waals surface area contributed by atoms with E-state index >= 15 is 0 Å². The van der Waals surface area contributed by atoms with Gasteiger partial charge >= 0.3 is 12.1 Å². The first kappa shape index (κ1) is 19.0. The first-order valence-electron chi connectivity index (χ1n) is 8.49. The van der Waals surface area contributed by atoms with E-state index in [-0.39, 0.29) is 13.0 Å². The van der Waals surface area contributed by atoms with Crippen LogP contribution in [0, 0.1) is 5.92 Å². The quantitative estimate of drug-likeness (QED) is 0.783. The van der Waals surface area contributed by atoms with Crippen LogP contribution in [0.25, 0.3) is 0 Å². The van der Waals surface area contributed by atoms with Crippen molar-refractivity contribution in [1.82, 2.24) is 4.90 Å². The van der Waals surface area contributed by atoms with Crippen LogP contribution in [0.4, 0.5) is 4.79 Å². The summed E-state index contributed by atoms with van der Waals surface area (Å²) in [7, 11) is 0. The van der Waals surface area contributed by atoms with Crippen LogP contribution in [0.5, 0.6) is 0 Å². The Bertz CT molecular complexity index is 635.